The van der Waals surface area contributed by atoms with E-state index in [0.717, 1.165) is 24.2 Å². The van der Waals surface area contributed by atoms with Gasteiger partial charge in [0, 0.05) is 22.6 Å². The minimum atomic E-state index is -0.178. The van der Waals surface area contributed by atoms with Crippen molar-refractivity contribution >= 4 is 11.6 Å². The van der Waals surface area contributed by atoms with Crippen molar-refractivity contribution < 1.29 is 4.79 Å². The summed E-state index contributed by atoms with van der Waals surface area (Å²) in [4.78, 5) is 12.2. The van der Waals surface area contributed by atoms with Crippen LogP contribution in [-0.2, 0) is 0 Å². The summed E-state index contributed by atoms with van der Waals surface area (Å²) in [6.45, 7) is 6.22. The van der Waals surface area contributed by atoms with Gasteiger partial charge in [-0.05, 0) is 76.1 Å². The Bertz CT molecular complexity index is 775. The SMILES string of the molecule is CC1=C/C(=N\NC(=O)c2ccc(-n3c(C)ccc3C)cc2)CC1. The first-order chi connectivity index (χ1) is 11.0. The highest BCUT2D eigenvalue weighted by molar-refractivity contribution is 6.00. The molecular weight excluding hydrogens is 286 g/mol. The van der Waals surface area contributed by atoms with Crippen LogP contribution in [0.1, 0.15) is 41.5 Å². The summed E-state index contributed by atoms with van der Waals surface area (Å²) >= 11 is 0. The van der Waals surface area contributed by atoms with Crippen LogP contribution in [0, 0.1) is 13.8 Å². The van der Waals surface area contributed by atoms with Gasteiger partial charge in [-0.2, -0.15) is 5.10 Å². The van der Waals surface area contributed by atoms with Crippen LogP contribution in [0.4, 0.5) is 0 Å². The molecule has 0 bridgehead atoms. The van der Waals surface area contributed by atoms with Gasteiger partial charge in [-0.25, -0.2) is 5.43 Å². The molecule has 0 radical (unpaired) electrons. The first kappa shape index (κ1) is 15.3. The number of aromatic nitrogens is 1. The van der Waals surface area contributed by atoms with Gasteiger partial charge in [0.05, 0.1) is 5.71 Å². The number of amides is 1. The van der Waals surface area contributed by atoms with Crippen LogP contribution >= 0.6 is 0 Å². The van der Waals surface area contributed by atoms with E-state index in [9.17, 15) is 4.79 Å². The molecule has 23 heavy (non-hydrogen) atoms. The molecule has 118 valence electrons. The molecule has 4 nitrogen and oxygen atoms in total. The molecule has 0 spiro atoms. The summed E-state index contributed by atoms with van der Waals surface area (Å²) in [5.74, 6) is -0.178. The van der Waals surface area contributed by atoms with Crippen molar-refractivity contribution in [2.45, 2.75) is 33.6 Å². The number of carbonyl (C=O) groups is 1. The molecule has 1 aromatic carbocycles. The second-order valence-corrected chi connectivity index (χ2v) is 6.03. The number of nitrogens with zero attached hydrogens (tertiary/aromatic N) is 2. The number of allylic oxidation sites excluding steroid dienone is 2. The molecule has 0 saturated heterocycles. The van der Waals surface area contributed by atoms with E-state index in [-0.39, 0.29) is 5.91 Å². The Labute approximate surface area is 136 Å². The van der Waals surface area contributed by atoms with Gasteiger partial charge in [0.25, 0.3) is 5.91 Å². The first-order valence-electron chi connectivity index (χ1n) is 7.84. The lowest BCUT2D eigenvalue weighted by molar-refractivity contribution is 0.0955. The lowest BCUT2D eigenvalue weighted by Gasteiger charge is -2.10. The number of aryl methyl sites for hydroxylation is 2. The molecule has 2 aromatic rings. The minimum absolute atomic E-state index is 0.178. The second kappa shape index (κ2) is 6.24. The van der Waals surface area contributed by atoms with Gasteiger partial charge in [-0.3, -0.25) is 4.79 Å². The summed E-state index contributed by atoms with van der Waals surface area (Å²) in [7, 11) is 0. The van der Waals surface area contributed by atoms with Gasteiger partial charge in [-0.1, -0.05) is 5.57 Å². The van der Waals surface area contributed by atoms with Gasteiger partial charge in [0.2, 0.25) is 0 Å². The molecule has 1 heterocycles. The maximum atomic E-state index is 12.2. The Hall–Kier alpha value is -2.62. The summed E-state index contributed by atoms with van der Waals surface area (Å²) in [6.07, 6.45) is 3.96. The minimum Gasteiger partial charge on any atom is -0.319 e. The van der Waals surface area contributed by atoms with Crippen LogP contribution < -0.4 is 5.43 Å². The van der Waals surface area contributed by atoms with E-state index in [1.165, 1.54) is 17.0 Å². The van der Waals surface area contributed by atoms with Crippen molar-refractivity contribution in [2.75, 3.05) is 0 Å². The number of rotatable bonds is 3. The van der Waals surface area contributed by atoms with Crippen molar-refractivity contribution in [3.05, 3.63) is 65.0 Å². The lowest BCUT2D eigenvalue weighted by atomic mass is 10.2. The molecular formula is C19H21N3O. The van der Waals surface area contributed by atoms with Crippen molar-refractivity contribution in [3.63, 3.8) is 0 Å². The molecule has 0 aliphatic heterocycles. The fraction of sp³-hybridized carbons (Fsp3) is 0.263. The van der Waals surface area contributed by atoms with E-state index in [4.69, 9.17) is 0 Å². The van der Waals surface area contributed by atoms with Crippen molar-refractivity contribution in [1.29, 1.82) is 0 Å². The lowest BCUT2D eigenvalue weighted by Crippen LogP contribution is -2.18. The highest BCUT2D eigenvalue weighted by atomic mass is 16.2. The zero-order valence-corrected chi connectivity index (χ0v) is 13.8. The Morgan fingerprint density at radius 3 is 2.22 bits per heavy atom. The molecule has 1 aromatic heterocycles. The molecule has 4 heteroatoms. The van der Waals surface area contributed by atoms with E-state index in [1.54, 1.807) is 0 Å². The van der Waals surface area contributed by atoms with Crippen molar-refractivity contribution in [2.24, 2.45) is 5.10 Å². The van der Waals surface area contributed by atoms with E-state index in [1.807, 2.05) is 30.3 Å². The largest absolute Gasteiger partial charge is 0.319 e. The third kappa shape index (κ3) is 3.26. The van der Waals surface area contributed by atoms with Crippen LogP contribution in [0.3, 0.4) is 0 Å². The van der Waals surface area contributed by atoms with Crippen LogP contribution in [0.15, 0.2) is 53.1 Å². The van der Waals surface area contributed by atoms with Crippen LogP contribution in [0.2, 0.25) is 0 Å². The number of nitrogens with one attached hydrogen (secondary N) is 1. The average molecular weight is 307 g/mol. The molecule has 1 aliphatic rings. The predicted octanol–water partition coefficient (Wildman–Crippen LogP) is 3.92. The molecule has 1 aliphatic carbocycles. The number of hydrogen-bond acceptors (Lipinski definition) is 2. The Balaban J connectivity index is 1.73. The van der Waals surface area contributed by atoms with Crippen molar-refractivity contribution in [3.8, 4) is 5.69 Å². The summed E-state index contributed by atoms with van der Waals surface area (Å²) < 4.78 is 2.16. The van der Waals surface area contributed by atoms with E-state index >= 15 is 0 Å². The summed E-state index contributed by atoms with van der Waals surface area (Å²) in [5.41, 5.74) is 8.90. The molecule has 1 N–H and O–H groups in total. The third-order valence-corrected chi connectivity index (χ3v) is 4.15. The zero-order valence-electron chi connectivity index (χ0n) is 13.8. The Kier molecular flexibility index (Phi) is 4.15. The first-order valence-corrected chi connectivity index (χ1v) is 7.84. The molecule has 0 fully saturated rings. The number of hydrazone groups is 1. The molecule has 3 rings (SSSR count). The number of benzene rings is 1. The van der Waals surface area contributed by atoms with Gasteiger partial charge in [0.15, 0.2) is 0 Å². The van der Waals surface area contributed by atoms with Gasteiger partial charge < -0.3 is 4.57 Å². The summed E-state index contributed by atoms with van der Waals surface area (Å²) in [5, 5.41) is 4.19. The van der Waals surface area contributed by atoms with E-state index in [2.05, 4.69) is 48.0 Å². The topological polar surface area (TPSA) is 46.4 Å². The van der Waals surface area contributed by atoms with Crippen LogP contribution in [-0.4, -0.2) is 16.2 Å². The fourth-order valence-corrected chi connectivity index (χ4v) is 2.87. The Morgan fingerprint density at radius 2 is 1.65 bits per heavy atom. The fourth-order valence-electron chi connectivity index (χ4n) is 2.87. The standard InChI is InChI=1S/C19H21N3O/c1-13-4-9-17(12-13)20-21-19(23)16-7-10-18(11-8-16)22-14(2)5-6-15(22)3/h5-8,10-12H,4,9H2,1-3H3,(H,21,23)/b20-17-. The maximum absolute atomic E-state index is 12.2. The molecule has 0 atom stereocenters. The van der Waals surface area contributed by atoms with E-state index in [0.29, 0.717) is 5.56 Å². The van der Waals surface area contributed by atoms with Crippen molar-refractivity contribution in [1.82, 2.24) is 9.99 Å². The molecule has 1 amide bonds. The van der Waals surface area contributed by atoms with Gasteiger partial charge >= 0.3 is 0 Å². The molecule has 0 unspecified atom stereocenters. The number of hydrogen-bond donors (Lipinski definition) is 1. The van der Waals surface area contributed by atoms with Gasteiger partial charge in [0.1, 0.15) is 0 Å². The quantitative estimate of drug-likeness (QED) is 0.858. The zero-order chi connectivity index (χ0) is 16.4. The van der Waals surface area contributed by atoms with Crippen LogP contribution in [0.5, 0.6) is 0 Å². The second-order valence-electron chi connectivity index (χ2n) is 6.03. The number of carbonyl (C=O) groups excluding carboxylic acids is 1. The average Bonchev–Trinajstić information content (AvgIpc) is 3.11. The Morgan fingerprint density at radius 1 is 1.00 bits per heavy atom. The smallest absolute Gasteiger partial charge is 0.271 e. The summed E-state index contributed by atoms with van der Waals surface area (Å²) in [6, 6.07) is 11.8. The third-order valence-electron chi connectivity index (χ3n) is 4.15. The predicted molar refractivity (Wildman–Crippen MR) is 93.1 cm³/mol. The highest BCUT2D eigenvalue weighted by Gasteiger charge is 2.09. The van der Waals surface area contributed by atoms with E-state index < -0.39 is 0 Å². The highest BCUT2D eigenvalue weighted by Crippen LogP contribution is 2.17. The maximum Gasteiger partial charge on any atom is 0.271 e. The molecule has 0 saturated carbocycles. The monoisotopic (exact) mass is 307 g/mol. The van der Waals surface area contributed by atoms with Crippen LogP contribution in [0.25, 0.3) is 5.69 Å². The van der Waals surface area contributed by atoms with Gasteiger partial charge in [-0.15, -0.1) is 0 Å². The normalized spacial score (nSPS) is 15.8.